The summed E-state index contributed by atoms with van der Waals surface area (Å²) in [5, 5.41) is 2.68. The first-order chi connectivity index (χ1) is 13.2. The van der Waals surface area contributed by atoms with Crippen LogP contribution in [0.2, 0.25) is 0 Å². The van der Waals surface area contributed by atoms with E-state index in [1.54, 1.807) is 18.2 Å². The molecule has 1 aliphatic rings. The van der Waals surface area contributed by atoms with E-state index >= 15 is 0 Å². The van der Waals surface area contributed by atoms with E-state index in [0.717, 1.165) is 11.8 Å². The summed E-state index contributed by atoms with van der Waals surface area (Å²) in [5.74, 6) is -0.703. The number of rotatable bonds is 5. The van der Waals surface area contributed by atoms with Gasteiger partial charge >= 0.3 is 10.1 Å². The number of benzene rings is 2. The molecule has 0 fully saturated rings. The number of nitrogens with one attached hydrogen (secondary N) is 1. The second-order valence-corrected chi connectivity index (χ2v) is 8.26. The number of carbonyl (C=O) groups is 2. The molecular weight excluding hydrogens is 402 g/mol. The van der Waals surface area contributed by atoms with E-state index in [9.17, 15) is 18.0 Å². The largest absolute Gasteiger partial charge is 0.378 e. The number of nitrogens with zero attached hydrogens (tertiary/aromatic N) is 1. The van der Waals surface area contributed by atoms with Crippen molar-refractivity contribution in [2.45, 2.75) is 11.8 Å². The fourth-order valence-corrected chi connectivity index (χ4v) is 3.94. The molecule has 2 amide bonds. The Hall–Kier alpha value is -3.11. The summed E-state index contributed by atoms with van der Waals surface area (Å²) in [6.45, 7) is 1.35. The van der Waals surface area contributed by atoms with Gasteiger partial charge in [-0.2, -0.15) is 13.4 Å². The predicted molar refractivity (Wildman–Crippen MR) is 107 cm³/mol. The Morgan fingerprint density at radius 2 is 1.86 bits per heavy atom. The molecule has 1 aliphatic heterocycles. The van der Waals surface area contributed by atoms with Crippen molar-refractivity contribution in [1.82, 2.24) is 0 Å². The van der Waals surface area contributed by atoms with Crippen molar-refractivity contribution in [3.05, 3.63) is 59.0 Å². The number of carbonyl (C=O) groups excluding carboxylic acids is 2. The zero-order valence-electron chi connectivity index (χ0n) is 14.6. The molecule has 0 saturated heterocycles. The molecule has 0 bridgehead atoms. The van der Waals surface area contributed by atoms with Crippen LogP contribution in [0.15, 0.2) is 63.3 Å². The number of nitrogens with two attached hydrogens (primary N) is 1. The molecular formula is C18H15N3O5S2. The van der Waals surface area contributed by atoms with E-state index in [4.69, 9.17) is 9.92 Å². The minimum Gasteiger partial charge on any atom is -0.378 e. The molecule has 144 valence electrons. The average molecular weight is 417 g/mol. The van der Waals surface area contributed by atoms with Gasteiger partial charge in [0, 0.05) is 18.2 Å². The Labute approximate surface area is 165 Å². The number of thioether (sulfide) groups is 1. The molecule has 0 saturated carbocycles. The number of para-hydroxylation sites is 1. The van der Waals surface area contributed by atoms with Gasteiger partial charge in [0.05, 0.1) is 4.91 Å². The fraction of sp³-hybridized carbons (Fsp3) is 0.0556. The smallest absolute Gasteiger partial charge is 0.339 e. The number of hydrogen-bond donors (Lipinski definition) is 2. The molecule has 28 heavy (non-hydrogen) atoms. The van der Waals surface area contributed by atoms with Crippen molar-refractivity contribution in [3.63, 3.8) is 0 Å². The zero-order chi connectivity index (χ0) is 20.3. The maximum absolute atomic E-state index is 12.6. The van der Waals surface area contributed by atoms with Gasteiger partial charge in [0.15, 0.2) is 5.17 Å². The Morgan fingerprint density at radius 1 is 1.18 bits per heavy atom. The van der Waals surface area contributed by atoms with Crippen LogP contribution >= 0.6 is 11.8 Å². The first kappa shape index (κ1) is 19.6. The monoisotopic (exact) mass is 417 g/mol. The molecule has 0 radical (unpaired) electrons. The van der Waals surface area contributed by atoms with Crippen molar-refractivity contribution in [2.75, 3.05) is 5.32 Å². The number of aliphatic imine (C=N–C) groups is 1. The molecule has 2 aromatic carbocycles. The van der Waals surface area contributed by atoms with Crippen LogP contribution in [0, 0.1) is 0 Å². The highest BCUT2D eigenvalue weighted by Crippen LogP contribution is 2.31. The second kappa shape index (κ2) is 7.87. The SMILES string of the molecule is CC(=O)Nc1ccc(S(=O)(=O)Oc2ccccc2C=C2SC(N)=NC2=O)cc1. The van der Waals surface area contributed by atoms with Crippen LogP contribution in [-0.2, 0) is 19.7 Å². The van der Waals surface area contributed by atoms with Crippen LogP contribution < -0.4 is 15.2 Å². The Kier molecular flexibility index (Phi) is 5.52. The lowest BCUT2D eigenvalue weighted by Gasteiger charge is -2.10. The summed E-state index contributed by atoms with van der Waals surface area (Å²) < 4.78 is 30.5. The molecule has 2 aromatic rings. The number of amidine groups is 1. The zero-order valence-corrected chi connectivity index (χ0v) is 16.2. The normalized spacial score (nSPS) is 15.4. The van der Waals surface area contributed by atoms with Crippen molar-refractivity contribution < 1.29 is 22.2 Å². The molecule has 0 spiro atoms. The number of amides is 2. The van der Waals surface area contributed by atoms with E-state index in [2.05, 4.69) is 10.3 Å². The quantitative estimate of drug-likeness (QED) is 0.564. The summed E-state index contributed by atoms with van der Waals surface area (Å²) in [4.78, 5) is 26.6. The summed E-state index contributed by atoms with van der Waals surface area (Å²) in [7, 11) is -4.13. The van der Waals surface area contributed by atoms with Crippen LogP contribution in [0.4, 0.5) is 5.69 Å². The Morgan fingerprint density at radius 3 is 2.46 bits per heavy atom. The van der Waals surface area contributed by atoms with Gasteiger partial charge in [-0.05, 0) is 48.2 Å². The third-order valence-corrected chi connectivity index (χ3v) is 5.57. The lowest BCUT2D eigenvalue weighted by Crippen LogP contribution is -2.11. The van der Waals surface area contributed by atoms with Gasteiger partial charge in [-0.3, -0.25) is 9.59 Å². The van der Waals surface area contributed by atoms with Crippen molar-refractivity contribution >= 4 is 50.6 Å². The summed E-state index contributed by atoms with van der Waals surface area (Å²) in [6.07, 6.45) is 1.47. The van der Waals surface area contributed by atoms with Crippen LogP contribution in [0.5, 0.6) is 5.75 Å². The van der Waals surface area contributed by atoms with E-state index in [1.165, 1.54) is 43.3 Å². The highest BCUT2D eigenvalue weighted by atomic mass is 32.2. The van der Waals surface area contributed by atoms with Crippen LogP contribution in [-0.4, -0.2) is 25.4 Å². The number of anilines is 1. The van der Waals surface area contributed by atoms with Gasteiger partial charge in [-0.25, -0.2) is 0 Å². The maximum Gasteiger partial charge on any atom is 0.339 e. The fourth-order valence-electron chi connectivity index (χ4n) is 2.32. The summed E-state index contributed by atoms with van der Waals surface area (Å²) in [6, 6.07) is 12.0. The maximum atomic E-state index is 12.6. The van der Waals surface area contributed by atoms with Gasteiger partial charge in [0.25, 0.3) is 5.91 Å². The molecule has 3 rings (SSSR count). The molecule has 8 nitrogen and oxygen atoms in total. The highest BCUT2D eigenvalue weighted by molar-refractivity contribution is 8.18. The predicted octanol–water partition coefficient (Wildman–Crippen LogP) is 2.34. The standard InChI is InChI=1S/C18H15N3O5S2/c1-11(22)20-13-6-8-14(9-7-13)28(24,25)26-15-5-3-2-4-12(15)10-16-17(23)21-18(19)27-16/h2-10H,1H3,(H,20,22)(H2,19,21,23). The van der Waals surface area contributed by atoms with Gasteiger partial charge in [-0.15, -0.1) is 0 Å². The van der Waals surface area contributed by atoms with Crippen molar-refractivity contribution in [3.8, 4) is 5.75 Å². The van der Waals surface area contributed by atoms with Crippen molar-refractivity contribution in [2.24, 2.45) is 10.7 Å². The molecule has 10 heteroatoms. The topological polar surface area (TPSA) is 128 Å². The second-order valence-electron chi connectivity index (χ2n) is 5.65. The highest BCUT2D eigenvalue weighted by Gasteiger charge is 2.22. The van der Waals surface area contributed by atoms with E-state index in [1.807, 2.05) is 0 Å². The van der Waals surface area contributed by atoms with Gasteiger partial charge in [0.2, 0.25) is 5.91 Å². The third kappa shape index (κ3) is 4.59. The van der Waals surface area contributed by atoms with Crippen LogP contribution in [0.25, 0.3) is 6.08 Å². The van der Waals surface area contributed by atoms with Crippen LogP contribution in [0.3, 0.4) is 0 Å². The Balaban J connectivity index is 1.86. The average Bonchev–Trinajstić information content (AvgIpc) is 2.93. The summed E-state index contributed by atoms with van der Waals surface area (Å²) >= 11 is 0.998. The molecule has 0 unspecified atom stereocenters. The van der Waals surface area contributed by atoms with Gasteiger partial charge < -0.3 is 15.2 Å². The number of hydrogen-bond acceptors (Lipinski definition) is 7. The Bertz CT molecular complexity index is 1110. The lowest BCUT2D eigenvalue weighted by atomic mass is 10.2. The van der Waals surface area contributed by atoms with E-state index in [-0.39, 0.29) is 26.6 Å². The van der Waals surface area contributed by atoms with E-state index < -0.39 is 16.0 Å². The molecule has 1 heterocycles. The minimum absolute atomic E-state index is 0.0554. The molecule has 0 aliphatic carbocycles. The summed E-state index contributed by atoms with van der Waals surface area (Å²) in [5.41, 5.74) is 6.38. The van der Waals surface area contributed by atoms with E-state index in [0.29, 0.717) is 11.3 Å². The molecule has 3 N–H and O–H groups in total. The lowest BCUT2D eigenvalue weighted by molar-refractivity contribution is -0.114. The minimum atomic E-state index is -4.13. The first-order valence-electron chi connectivity index (χ1n) is 7.94. The molecule has 0 aromatic heterocycles. The van der Waals surface area contributed by atoms with Crippen LogP contribution in [0.1, 0.15) is 12.5 Å². The molecule has 0 atom stereocenters. The van der Waals surface area contributed by atoms with Crippen molar-refractivity contribution in [1.29, 1.82) is 0 Å². The third-order valence-electron chi connectivity index (χ3n) is 3.51. The first-order valence-corrected chi connectivity index (χ1v) is 10.2. The van der Waals surface area contributed by atoms with Gasteiger partial charge in [-0.1, -0.05) is 18.2 Å². The van der Waals surface area contributed by atoms with Gasteiger partial charge in [0.1, 0.15) is 10.6 Å².